The normalized spacial score (nSPS) is 22.8. The number of aliphatic hydroxyl groups excluding tert-OH is 6. The van der Waals surface area contributed by atoms with Gasteiger partial charge < -0.3 is 45.4 Å². The predicted octanol–water partition coefficient (Wildman–Crippen LogP) is 7.08. The lowest BCUT2D eigenvalue weighted by Gasteiger charge is -2.40. The maximum Gasteiger partial charge on any atom is 0.253 e. The fourth-order valence-corrected chi connectivity index (χ4v) is 6.57. The van der Waals surface area contributed by atoms with E-state index in [-0.39, 0.29) is 6.61 Å². The summed E-state index contributed by atoms with van der Waals surface area (Å²) in [4.78, 5) is 13.0. The van der Waals surface area contributed by atoms with Crippen LogP contribution in [0.1, 0.15) is 168 Å². The van der Waals surface area contributed by atoms with E-state index >= 15 is 0 Å². The Morgan fingerprint density at radius 2 is 1.25 bits per heavy atom. The van der Waals surface area contributed by atoms with Gasteiger partial charge in [-0.1, -0.05) is 165 Å². The van der Waals surface area contributed by atoms with Gasteiger partial charge in [-0.05, 0) is 39.0 Å². The van der Waals surface area contributed by atoms with Crippen LogP contribution in [0.25, 0.3) is 0 Å². The number of aliphatic hydroxyl groups is 6. The highest BCUT2D eigenvalue weighted by Crippen LogP contribution is 2.22. The molecule has 10 nitrogen and oxygen atoms in total. The topological polar surface area (TPSA) is 169 Å². The van der Waals surface area contributed by atoms with Gasteiger partial charge >= 0.3 is 0 Å². The Morgan fingerprint density at radius 3 is 1.79 bits per heavy atom. The molecule has 1 aliphatic heterocycles. The molecule has 1 amide bonds. The largest absolute Gasteiger partial charge is 0.394 e. The number of rotatable bonds is 33. The van der Waals surface area contributed by atoms with Gasteiger partial charge in [0, 0.05) is 0 Å². The van der Waals surface area contributed by atoms with Crippen molar-refractivity contribution in [2.45, 2.75) is 217 Å². The summed E-state index contributed by atoms with van der Waals surface area (Å²) in [6, 6.07) is -1.03. The first-order chi connectivity index (χ1) is 25.7. The molecule has 1 heterocycles. The number of allylic oxidation sites excluding steroid dienone is 4. The van der Waals surface area contributed by atoms with E-state index < -0.39 is 61.5 Å². The van der Waals surface area contributed by atoms with Crippen molar-refractivity contribution >= 4 is 5.91 Å². The number of carbonyl (C=O) groups excluding carboxylic acids is 1. The quantitative estimate of drug-likeness (QED) is 0.0274. The van der Waals surface area contributed by atoms with E-state index in [0.29, 0.717) is 6.42 Å². The van der Waals surface area contributed by atoms with Crippen molar-refractivity contribution in [2.24, 2.45) is 0 Å². The van der Waals surface area contributed by atoms with Crippen molar-refractivity contribution in [2.75, 3.05) is 13.2 Å². The van der Waals surface area contributed by atoms with Gasteiger partial charge in [0.05, 0.1) is 25.4 Å². The molecule has 0 radical (unpaired) electrons. The standard InChI is InChI=1S/C43H79NO9/c1-4-6-8-10-12-13-14-15-16-17-18-19-21-23-25-31-37(47)42(51)44-35(33-52-43-41(50)40(49)39(48)38(32-45)53-43)36(46)30-27-26-29-34(3)28-24-22-20-11-9-7-5-2/h25,27,29-31,35-41,43,45-50H,4-24,26,28,32-33H2,1-3H3,(H,44,51). The molecule has 10 heteroatoms. The molecule has 0 aromatic carbocycles. The molecule has 310 valence electrons. The van der Waals surface area contributed by atoms with Gasteiger partial charge in [-0.15, -0.1) is 0 Å². The highest BCUT2D eigenvalue weighted by molar-refractivity contribution is 5.82. The Kier molecular flexibility index (Phi) is 30.4. The zero-order valence-corrected chi connectivity index (χ0v) is 33.6. The molecule has 0 spiro atoms. The molecule has 0 aromatic heterocycles. The second kappa shape index (κ2) is 32.6. The summed E-state index contributed by atoms with van der Waals surface area (Å²) in [6.07, 6.45) is 26.4. The SMILES string of the molecule is CCCCCCCCCCCCCCCC=CC(O)C(=O)NC(COC1OC(CO)C(O)C(O)C1O)C(O)C=CCC=C(C)CCCCCCCCC. The Labute approximate surface area is 322 Å². The molecular formula is C43H79NO9. The van der Waals surface area contributed by atoms with Gasteiger partial charge in [0.15, 0.2) is 12.4 Å². The minimum atomic E-state index is -1.63. The molecule has 7 N–H and O–H groups in total. The van der Waals surface area contributed by atoms with E-state index in [0.717, 1.165) is 32.1 Å². The van der Waals surface area contributed by atoms with Crippen LogP contribution in [0.4, 0.5) is 0 Å². The first-order valence-corrected chi connectivity index (χ1v) is 21.2. The Bertz CT molecular complexity index is 971. The fraction of sp³-hybridized carbons (Fsp3) is 0.837. The number of hydrogen-bond acceptors (Lipinski definition) is 9. The van der Waals surface area contributed by atoms with Gasteiger partial charge in [0.1, 0.15) is 24.4 Å². The van der Waals surface area contributed by atoms with Crippen molar-refractivity contribution in [1.82, 2.24) is 5.32 Å². The van der Waals surface area contributed by atoms with E-state index in [2.05, 4.69) is 32.2 Å². The van der Waals surface area contributed by atoms with E-state index in [1.54, 1.807) is 18.2 Å². The van der Waals surface area contributed by atoms with Crippen molar-refractivity contribution in [3.8, 4) is 0 Å². The second-order valence-corrected chi connectivity index (χ2v) is 15.1. The summed E-state index contributed by atoms with van der Waals surface area (Å²) in [5.74, 6) is -0.716. The number of ether oxygens (including phenoxy) is 2. The Balaban J connectivity index is 2.58. The van der Waals surface area contributed by atoms with Crippen molar-refractivity contribution in [3.63, 3.8) is 0 Å². The monoisotopic (exact) mass is 754 g/mol. The lowest BCUT2D eigenvalue weighted by molar-refractivity contribution is -0.302. The van der Waals surface area contributed by atoms with E-state index in [1.807, 2.05) is 0 Å². The van der Waals surface area contributed by atoms with Crippen LogP contribution in [-0.2, 0) is 14.3 Å². The number of amides is 1. The van der Waals surface area contributed by atoms with Gasteiger partial charge in [0.25, 0.3) is 5.91 Å². The molecule has 8 atom stereocenters. The van der Waals surface area contributed by atoms with Crippen LogP contribution >= 0.6 is 0 Å². The second-order valence-electron chi connectivity index (χ2n) is 15.1. The summed E-state index contributed by atoms with van der Waals surface area (Å²) in [6.45, 7) is 5.62. The van der Waals surface area contributed by atoms with Crippen molar-refractivity contribution in [1.29, 1.82) is 0 Å². The molecule has 8 unspecified atom stereocenters. The van der Waals surface area contributed by atoms with Gasteiger partial charge in [-0.25, -0.2) is 0 Å². The summed E-state index contributed by atoms with van der Waals surface area (Å²) in [5, 5.41) is 64.4. The molecule has 0 bridgehead atoms. The van der Waals surface area contributed by atoms with Gasteiger partial charge in [-0.2, -0.15) is 0 Å². The highest BCUT2D eigenvalue weighted by atomic mass is 16.7. The van der Waals surface area contributed by atoms with E-state index in [1.165, 1.54) is 121 Å². The molecule has 1 aliphatic rings. The summed E-state index contributed by atoms with van der Waals surface area (Å²) < 4.78 is 11.1. The molecule has 1 saturated heterocycles. The summed E-state index contributed by atoms with van der Waals surface area (Å²) in [7, 11) is 0. The first kappa shape index (κ1) is 49.4. The molecule has 1 fully saturated rings. The molecule has 53 heavy (non-hydrogen) atoms. The summed E-state index contributed by atoms with van der Waals surface area (Å²) >= 11 is 0. The number of hydrogen-bond donors (Lipinski definition) is 7. The lowest BCUT2D eigenvalue weighted by atomic mass is 9.99. The first-order valence-electron chi connectivity index (χ1n) is 21.2. The molecular weight excluding hydrogens is 674 g/mol. The average Bonchev–Trinajstić information content (AvgIpc) is 3.15. The molecule has 0 aliphatic carbocycles. The number of nitrogens with one attached hydrogen (secondary N) is 1. The molecule has 0 saturated carbocycles. The van der Waals surface area contributed by atoms with Crippen LogP contribution < -0.4 is 5.32 Å². The third-order valence-electron chi connectivity index (χ3n) is 10.2. The van der Waals surface area contributed by atoms with Crippen LogP contribution in [-0.4, -0.2) is 98.7 Å². The van der Waals surface area contributed by atoms with Crippen molar-refractivity contribution < 1.29 is 44.9 Å². The van der Waals surface area contributed by atoms with Crippen LogP contribution in [0.2, 0.25) is 0 Å². The average molecular weight is 754 g/mol. The van der Waals surface area contributed by atoms with Crippen LogP contribution in [0.3, 0.4) is 0 Å². The van der Waals surface area contributed by atoms with E-state index in [9.17, 15) is 35.4 Å². The number of carbonyl (C=O) groups is 1. The van der Waals surface area contributed by atoms with Crippen LogP contribution in [0.5, 0.6) is 0 Å². The fourth-order valence-electron chi connectivity index (χ4n) is 6.57. The molecule has 0 aromatic rings. The van der Waals surface area contributed by atoms with Crippen LogP contribution in [0.15, 0.2) is 36.0 Å². The smallest absolute Gasteiger partial charge is 0.253 e. The number of unbranched alkanes of at least 4 members (excludes halogenated alkanes) is 19. The lowest BCUT2D eigenvalue weighted by Crippen LogP contribution is -2.60. The maximum absolute atomic E-state index is 13.0. The minimum absolute atomic E-state index is 0.345. The predicted molar refractivity (Wildman–Crippen MR) is 213 cm³/mol. The Hall–Kier alpha value is -1.63. The van der Waals surface area contributed by atoms with Crippen molar-refractivity contribution in [3.05, 3.63) is 36.0 Å². The Morgan fingerprint density at radius 1 is 0.717 bits per heavy atom. The van der Waals surface area contributed by atoms with Crippen LogP contribution in [0, 0.1) is 0 Å². The minimum Gasteiger partial charge on any atom is -0.394 e. The highest BCUT2D eigenvalue weighted by Gasteiger charge is 2.44. The third kappa shape index (κ3) is 23.8. The van der Waals surface area contributed by atoms with Gasteiger partial charge in [0.2, 0.25) is 0 Å². The van der Waals surface area contributed by atoms with E-state index in [4.69, 9.17) is 9.47 Å². The zero-order valence-electron chi connectivity index (χ0n) is 33.6. The summed E-state index contributed by atoms with van der Waals surface area (Å²) in [5.41, 5.74) is 1.28. The zero-order chi connectivity index (χ0) is 39.1. The molecule has 1 rings (SSSR count). The maximum atomic E-state index is 13.0. The van der Waals surface area contributed by atoms with Gasteiger partial charge in [-0.3, -0.25) is 4.79 Å². The third-order valence-corrected chi connectivity index (χ3v) is 10.2.